The topological polar surface area (TPSA) is 74.2 Å². The second-order valence-corrected chi connectivity index (χ2v) is 7.36. The molecule has 4 rings (SSSR count). The van der Waals surface area contributed by atoms with Crippen molar-refractivity contribution in [1.82, 2.24) is 19.9 Å². The number of piperazine rings is 1. The van der Waals surface area contributed by atoms with Gasteiger partial charge in [-0.15, -0.1) is 11.3 Å². The Morgan fingerprint density at radius 3 is 2.54 bits per heavy atom. The Balaban J connectivity index is 1.22. The molecule has 0 unspecified atom stereocenters. The molecule has 0 spiro atoms. The predicted molar refractivity (Wildman–Crippen MR) is 111 cm³/mol. The van der Waals surface area contributed by atoms with Gasteiger partial charge in [0.2, 0.25) is 11.9 Å². The second-order valence-electron chi connectivity index (χ2n) is 6.50. The van der Waals surface area contributed by atoms with Gasteiger partial charge in [0.1, 0.15) is 0 Å². The van der Waals surface area contributed by atoms with Crippen LogP contribution in [0.25, 0.3) is 11.3 Å². The predicted octanol–water partition coefficient (Wildman–Crippen LogP) is 2.75. The molecule has 1 N–H and O–H groups in total. The number of nitrogens with zero attached hydrogens (tertiary/aromatic N) is 5. The van der Waals surface area contributed by atoms with E-state index >= 15 is 0 Å². The number of benzene rings is 1. The molecule has 1 amide bonds. The maximum Gasteiger partial charge on any atom is 0.225 e. The summed E-state index contributed by atoms with van der Waals surface area (Å²) in [5.41, 5.74) is 2.06. The Hall–Kier alpha value is -3.00. The third-order valence-electron chi connectivity index (χ3n) is 4.66. The fourth-order valence-corrected chi connectivity index (χ4v) is 3.89. The second kappa shape index (κ2) is 8.79. The molecule has 1 saturated heterocycles. The Morgan fingerprint density at radius 2 is 1.79 bits per heavy atom. The molecule has 8 heteroatoms. The standard InChI is InChI=1S/C20H22N6OS/c27-18(25-11-13-26(14-12-25)19-21-8-4-9-22-19)7-10-23-20-24-17(15-28-20)16-5-2-1-3-6-16/h1-6,8-9,15H,7,10-14H2,(H,23,24). The summed E-state index contributed by atoms with van der Waals surface area (Å²) >= 11 is 1.56. The molecule has 28 heavy (non-hydrogen) atoms. The van der Waals surface area contributed by atoms with Crippen LogP contribution in [0, 0.1) is 0 Å². The Bertz CT molecular complexity index is 893. The molecule has 0 atom stereocenters. The first kappa shape index (κ1) is 18.4. The van der Waals surface area contributed by atoms with E-state index in [0.717, 1.165) is 35.4 Å². The molecule has 1 aromatic carbocycles. The number of carbonyl (C=O) groups is 1. The first-order valence-electron chi connectivity index (χ1n) is 9.34. The maximum atomic E-state index is 12.5. The average molecular weight is 395 g/mol. The lowest BCUT2D eigenvalue weighted by molar-refractivity contribution is -0.131. The minimum Gasteiger partial charge on any atom is -0.361 e. The molecule has 0 saturated carbocycles. The van der Waals surface area contributed by atoms with Crippen molar-refractivity contribution in [2.45, 2.75) is 6.42 Å². The third-order valence-corrected chi connectivity index (χ3v) is 5.46. The molecular weight excluding hydrogens is 372 g/mol. The number of carbonyl (C=O) groups excluding carboxylic acids is 1. The van der Waals surface area contributed by atoms with Crippen LogP contribution in [0.15, 0.2) is 54.2 Å². The number of rotatable bonds is 6. The van der Waals surface area contributed by atoms with Gasteiger partial charge in [-0.2, -0.15) is 0 Å². The number of nitrogens with one attached hydrogen (secondary N) is 1. The minimum atomic E-state index is 0.168. The van der Waals surface area contributed by atoms with Crippen LogP contribution < -0.4 is 10.2 Å². The highest BCUT2D eigenvalue weighted by Gasteiger charge is 2.22. The lowest BCUT2D eigenvalue weighted by Crippen LogP contribution is -2.49. The molecule has 7 nitrogen and oxygen atoms in total. The quantitative estimate of drug-likeness (QED) is 0.693. The smallest absolute Gasteiger partial charge is 0.225 e. The van der Waals surface area contributed by atoms with Gasteiger partial charge in [-0.25, -0.2) is 15.0 Å². The van der Waals surface area contributed by atoms with Crippen LogP contribution in [-0.4, -0.2) is 58.5 Å². The van der Waals surface area contributed by atoms with Gasteiger partial charge < -0.3 is 15.1 Å². The van der Waals surface area contributed by atoms with Gasteiger partial charge in [0.05, 0.1) is 5.69 Å². The van der Waals surface area contributed by atoms with Gasteiger partial charge in [-0.3, -0.25) is 4.79 Å². The van der Waals surface area contributed by atoms with Gasteiger partial charge in [-0.1, -0.05) is 30.3 Å². The van der Waals surface area contributed by atoms with E-state index in [4.69, 9.17) is 0 Å². The summed E-state index contributed by atoms with van der Waals surface area (Å²) in [7, 11) is 0. The number of anilines is 2. The van der Waals surface area contributed by atoms with E-state index in [1.807, 2.05) is 46.7 Å². The zero-order valence-corrected chi connectivity index (χ0v) is 16.3. The van der Waals surface area contributed by atoms with Crippen molar-refractivity contribution in [1.29, 1.82) is 0 Å². The molecule has 3 aromatic rings. The van der Waals surface area contributed by atoms with Crippen LogP contribution in [-0.2, 0) is 4.79 Å². The van der Waals surface area contributed by atoms with Crippen LogP contribution >= 0.6 is 11.3 Å². The number of hydrogen-bond donors (Lipinski definition) is 1. The van der Waals surface area contributed by atoms with E-state index in [2.05, 4.69) is 25.2 Å². The molecular formula is C20H22N6OS. The zero-order chi connectivity index (χ0) is 19.2. The highest BCUT2D eigenvalue weighted by molar-refractivity contribution is 7.14. The van der Waals surface area contributed by atoms with Crippen molar-refractivity contribution in [2.24, 2.45) is 0 Å². The molecule has 3 heterocycles. The molecule has 144 valence electrons. The summed E-state index contributed by atoms with van der Waals surface area (Å²) < 4.78 is 0. The molecule has 1 fully saturated rings. The largest absolute Gasteiger partial charge is 0.361 e. The van der Waals surface area contributed by atoms with Crippen molar-refractivity contribution in [3.63, 3.8) is 0 Å². The van der Waals surface area contributed by atoms with E-state index in [1.165, 1.54) is 0 Å². The van der Waals surface area contributed by atoms with Crippen molar-refractivity contribution in [3.05, 3.63) is 54.2 Å². The number of hydrogen-bond acceptors (Lipinski definition) is 7. The number of aromatic nitrogens is 3. The summed E-state index contributed by atoms with van der Waals surface area (Å²) in [5.74, 6) is 0.898. The number of amides is 1. The van der Waals surface area contributed by atoms with Crippen molar-refractivity contribution in [3.8, 4) is 11.3 Å². The van der Waals surface area contributed by atoms with Crippen molar-refractivity contribution < 1.29 is 4.79 Å². The SMILES string of the molecule is O=C(CCNc1nc(-c2ccccc2)cs1)N1CCN(c2ncccn2)CC1. The normalized spacial score (nSPS) is 14.1. The highest BCUT2D eigenvalue weighted by Crippen LogP contribution is 2.24. The van der Waals surface area contributed by atoms with E-state index in [0.29, 0.717) is 26.1 Å². The van der Waals surface area contributed by atoms with Crippen LogP contribution in [0.2, 0.25) is 0 Å². The highest BCUT2D eigenvalue weighted by atomic mass is 32.1. The fourth-order valence-electron chi connectivity index (χ4n) is 3.14. The van der Waals surface area contributed by atoms with Gasteiger partial charge in [-0.05, 0) is 6.07 Å². The molecule has 2 aromatic heterocycles. The Kier molecular flexibility index (Phi) is 5.77. The first-order chi connectivity index (χ1) is 13.8. The average Bonchev–Trinajstić information content (AvgIpc) is 3.24. The van der Waals surface area contributed by atoms with E-state index in [1.54, 1.807) is 23.7 Å². The molecule has 0 radical (unpaired) electrons. The van der Waals surface area contributed by atoms with Crippen LogP contribution in [0.1, 0.15) is 6.42 Å². The maximum absolute atomic E-state index is 12.5. The summed E-state index contributed by atoms with van der Waals surface area (Å²) in [5, 5.41) is 6.15. The van der Waals surface area contributed by atoms with Gasteiger partial charge in [0, 0.05) is 62.5 Å². The monoisotopic (exact) mass is 394 g/mol. The van der Waals surface area contributed by atoms with Crippen LogP contribution in [0.5, 0.6) is 0 Å². The summed E-state index contributed by atoms with van der Waals surface area (Å²) in [6.07, 6.45) is 3.95. The zero-order valence-electron chi connectivity index (χ0n) is 15.5. The van der Waals surface area contributed by atoms with Crippen LogP contribution in [0.4, 0.5) is 11.1 Å². The summed E-state index contributed by atoms with van der Waals surface area (Å²) in [6.45, 7) is 3.51. The molecule has 1 aliphatic rings. The summed E-state index contributed by atoms with van der Waals surface area (Å²) in [4.78, 5) is 29.7. The number of thiazole rings is 1. The van der Waals surface area contributed by atoms with Crippen LogP contribution in [0.3, 0.4) is 0 Å². The van der Waals surface area contributed by atoms with Gasteiger partial charge in [0.15, 0.2) is 5.13 Å². The Labute approximate surface area is 168 Å². The molecule has 0 aliphatic carbocycles. The first-order valence-corrected chi connectivity index (χ1v) is 10.2. The van der Waals surface area contributed by atoms with Gasteiger partial charge >= 0.3 is 0 Å². The molecule has 1 aliphatic heterocycles. The van der Waals surface area contributed by atoms with Crippen molar-refractivity contribution >= 4 is 28.3 Å². The lowest BCUT2D eigenvalue weighted by atomic mass is 10.2. The molecule has 0 bridgehead atoms. The lowest BCUT2D eigenvalue weighted by Gasteiger charge is -2.34. The van der Waals surface area contributed by atoms with E-state index < -0.39 is 0 Å². The van der Waals surface area contributed by atoms with Crippen molar-refractivity contribution in [2.75, 3.05) is 42.9 Å². The van der Waals surface area contributed by atoms with E-state index in [-0.39, 0.29) is 5.91 Å². The third kappa shape index (κ3) is 4.45. The fraction of sp³-hybridized carbons (Fsp3) is 0.300. The van der Waals surface area contributed by atoms with E-state index in [9.17, 15) is 4.79 Å². The Morgan fingerprint density at radius 1 is 1.04 bits per heavy atom. The summed E-state index contributed by atoms with van der Waals surface area (Å²) in [6, 6.07) is 11.9. The van der Waals surface area contributed by atoms with Gasteiger partial charge in [0.25, 0.3) is 0 Å². The minimum absolute atomic E-state index is 0.168.